The second-order valence-electron chi connectivity index (χ2n) is 8.11. The van der Waals surface area contributed by atoms with Crippen molar-refractivity contribution in [3.8, 4) is 5.75 Å². The fourth-order valence-electron chi connectivity index (χ4n) is 3.90. The summed E-state index contributed by atoms with van der Waals surface area (Å²) in [6, 6.07) is 17.0. The van der Waals surface area contributed by atoms with Crippen molar-refractivity contribution >= 4 is 22.6 Å². The molecule has 1 unspecified atom stereocenters. The number of nitrogens with one attached hydrogen (secondary N) is 2. The highest BCUT2D eigenvalue weighted by atomic mass is 16.5. The normalized spacial score (nSPS) is 11.9. The summed E-state index contributed by atoms with van der Waals surface area (Å²) in [5.41, 5.74) is 3.43. The Morgan fingerprint density at radius 2 is 1.88 bits per heavy atom. The first-order valence-corrected chi connectivity index (χ1v) is 11.1. The van der Waals surface area contributed by atoms with Gasteiger partial charge in [-0.25, -0.2) is 9.97 Å². The van der Waals surface area contributed by atoms with Gasteiger partial charge in [0.15, 0.2) is 0 Å². The highest BCUT2D eigenvalue weighted by Crippen LogP contribution is 2.27. The Hall–Kier alpha value is -3.87. The lowest BCUT2D eigenvalue weighted by atomic mass is 10.0. The van der Waals surface area contributed by atoms with Crippen molar-refractivity contribution in [1.82, 2.24) is 20.3 Å². The summed E-state index contributed by atoms with van der Waals surface area (Å²) in [5.74, 6) is 1.82. The second-order valence-corrected chi connectivity index (χ2v) is 8.11. The molecule has 7 heteroatoms. The maximum absolute atomic E-state index is 13.4. The van der Waals surface area contributed by atoms with Crippen LogP contribution in [0, 0.1) is 6.92 Å². The molecule has 2 N–H and O–H groups in total. The quantitative estimate of drug-likeness (QED) is 0.421. The monoisotopic (exact) mass is 443 g/mol. The summed E-state index contributed by atoms with van der Waals surface area (Å²) in [6.07, 6.45) is 2.58. The first-order valence-electron chi connectivity index (χ1n) is 11.1. The molecule has 33 heavy (non-hydrogen) atoms. The van der Waals surface area contributed by atoms with Crippen LogP contribution in [0.1, 0.15) is 40.4 Å². The number of ether oxygens (including phenoxy) is 1. The first-order chi connectivity index (χ1) is 16.0. The minimum absolute atomic E-state index is 0.202. The van der Waals surface area contributed by atoms with Crippen LogP contribution in [0.4, 0.5) is 5.82 Å². The van der Waals surface area contributed by atoms with Crippen molar-refractivity contribution in [3.05, 3.63) is 83.4 Å². The lowest BCUT2D eigenvalue weighted by Crippen LogP contribution is -2.31. The zero-order chi connectivity index (χ0) is 23.4. The maximum Gasteiger partial charge on any atom is 0.255 e. The second kappa shape index (κ2) is 9.73. The minimum atomic E-state index is -0.355. The minimum Gasteiger partial charge on any atom is -0.493 e. The van der Waals surface area contributed by atoms with Crippen LogP contribution >= 0.6 is 0 Å². The number of aryl methyl sites for hydroxylation is 1. The van der Waals surface area contributed by atoms with Crippen molar-refractivity contribution in [2.45, 2.75) is 26.3 Å². The van der Waals surface area contributed by atoms with Crippen LogP contribution in [0.15, 0.2) is 60.8 Å². The molecule has 0 fully saturated rings. The third kappa shape index (κ3) is 4.98. The van der Waals surface area contributed by atoms with Gasteiger partial charge < -0.3 is 19.9 Å². The van der Waals surface area contributed by atoms with Crippen LogP contribution in [0.25, 0.3) is 10.9 Å². The van der Waals surface area contributed by atoms with Crippen LogP contribution in [0.5, 0.6) is 5.75 Å². The van der Waals surface area contributed by atoms with Gasteiger partial charge in [0.05, 0.1) is 23.9 Å². The van der Waals surface area contributed by atoms with Crippen molar-refractivity contribution in [1.29, 1.82) is 0 Å². The Morgan fingerprint density at radius 1 is 1.12 bits per heavy atom. The van der Waals surface area contributed by atoms with E-state index in [0.717, 1.165) is 28.0 Å². The molecule has 4 aromatic rings. The van der Waals surface area contributed by atoms with Crippen molar-refractivity contribution in [2.24, 2.45) is 0 Å². The SMILES string of the molecule is CCOc1ccccc1C(=O)NC(Cc1c[nH]c2ccccc12)c1cc(N(C)C)nc(C)n1. The zero-order valence-electron chi connectivity index (χ0n) is 19.4. The number of H-pyrrole nitrogens is 1. The number of rotatable bonds is 8. The van der Waals surface area contributed by atoms with Crippen LogP contribution in [-0.4, -0.2) is 41.6 Å². The summed E-state index contributed by atoms with van der Waals surface area (Å²) in [7, 11) is 3.88. The molecule has 0 saturated carbocycles. The molecule has 0 aliphatic carbocycles. The van der Waals surface area contributed by atoms with Crippen LogP contribution in [0.3, 0.4) is 0 Å². The summed E-state index contributed by atoms with van der Waals surface area (Å²) in [4.78, 5) is 27.8. The van der Waals surface area contributed by atoms with E-state index in [0.29, 0.717) is 30.2 Å². The number of nitrogens with zero attached hydrogens (tertiary/aromatic N) is 3. The number of hydrogen-bond acceptors (Lipinski definition) is 5. The number of aromatic amines is 1. The molecule has 1 amide bonds. The number of anilines is 1. The molecule has 7 nitrogen and oxygen atoms in total. The maximum atomic E-state index is 13.4. The molecular formula is C26H29N5O2. The number of para-hydroxylation sites is 2. The van der Waals surface area contributed by atoms with E-state index in [1.54, 1.807) is 6.07 Å². The molecule has 2 aromatic heterocycles. The van der Waals surface area contributed by atoms with Gasteiger partial charge in [-0.05, 0) is 37.6 Å². The molecule has 0 radical (unpaired) electrons. The molecule has 0 aliphatic rings. The number of hydrogen-bond donors (Lipinski definition) is 2. The van der Waals surface area contributed by atoms with Gasteiger partial charge in [0.1, 0.15) is 17.4 Å². The lowest BCUT2D eigenvalue weighted by molar-refractivity contribution is 0.0931. The lowest BCUT2D eigenvalue weighted by Gasteiger charge is -2.21. The molecule has 0 aliphatic heterocycles. The Bertz CT molecular complexity index is 1260. The van der Waals surface area contributed by atoms with E-state index in [1.807, 2.05) is 81.5 Å². The van der Waals surface area contributed by atoms with Gasteiger partial charge in [0.25, 0.3) is 5.91 Å². The Kier molecular flexibility index (Phi) is 6.58. The summed E-state index contributed by atoms with van der Waals surface area (Å²) in [6.45, 7) is 4.26. The van der Waals surface area contributed by atoms with Crippen LogP contribution in [0.2, 0.25) is 0 Å². The number of aromatic nitrogens is 3. The van der Waals surface area contributed by atoms with E-state index >= 15 is 0 Å². The molecule has 2 aromatic carbocycles. The van der Waals surface area contributed by atoms with Gasteiger partial charge in [-0.2, -0.15) is 0 Å². The van der Waals surface area contributed by atoms with E-state index in [9.17, 15) is 4.79 Å². The molecular weight excluding hydrogens is 414 g/mol. The molecule has 0 spiro atoms. The standard InChI is InChI=1S/C26H29N5O2/c1-5-33-24-13-9-7-11-20(24)26(32)30-22(23-15-25(31(3)4)29-17(2)28-23)14-18-16-27-21-12-8-6-10-19(18)21/h6-13,15-16,22,27H,5,14H2,1-4H3,(H,30,32). The predicted molar refractivity (Wildman–Crippen MR) is 131 cm³/mol. The largest absolute Gasteiger partial charge is 0.493 e. The average Bonchev–Trinajstić information content (AvgIpc) is 3.21. The van der Waals surface area contributed by atoms with E-state index in [4.69, 9.17) is 4.74 Å². The number of benzene rings is 2. The smallest absolute Gasteiger partial charge is 0.255 e. The van der Waals surface area contributed by atoms with E-state index in [1.165, 1.54) is 0 Å². The van der Waals surface area contributed by atoms with Gasteiger partial charge in [0.2, 0.25) is 0 Å². The Labute approximate surface area is 193 Å². The van der Waals surface area contributed by atoms with Crippen molar-refractivity contribution in [2.75, 3.05) is 25.6 Å². The number of fused-ring (bicyclic) bond motifs is 1. The van der Waals surface area contributed by atoms with Crippen molar-refractivity contribution < 1.29 is 9.53 Å². The molecule has 0 saturated heterocycles. The third-order valence-electron chi connectivity index (χ3n) is 5.50. The fraction of sp³-hybridized carbons (Fsp3) is 0.269. The Balaban J connectivity index is 1.72. The average molecular weight is 444 g/mol. The van der Waals surface area contributed by atoms with E-state index < -0.39 is 0 Å². The van der Waals surface area contributed by atoms with Crippen LogP contribution in [-0.2, 0) is 6.42 Å². The highest BCUT2D eigenvalue weighted by Gasteiger charge is 2.22. The Morgan fingerprint density at radius 3 is 2.67 bits per heavy atom. The summed E-state index contributed by atoms with van der Waals surface area (Å²) in [5, 5.41) is 4.33. The molecule has 0 bridgehead atoms. The molecule has 170 valence electrons. The van der Waals surface area contributed by atoms with Crippen LogP contribution < -0.4 is 15.0 Å². The third-order valence-corrected chi connectivity index (χ3v) is 5.50. The number of carbonyl (C=O) groups excluding carboxylic acids is 1. The molecule has 2 heterocycles. The highest BCUT2D eigenvalue weighted by molar-refractivity contribution is 5.97. The van der Waals surface area contributed by atoms with Gasteiger partial charge >= 0.3 is 0 Å². The van der Waals surface area contributed by atoms with E-state index in [-0.39, 0.29) is 11.9 Å². The van der Waals surface area contributed by atoms with Crippen molar-refractivity contribution in [3.63, 3.8) is 0 Å². The molecule has 1 atom stereocenters. The van der Waals surface area contributed by atoms with Gasteiger partial charge in [0, 0.05) is 43.7 Å². The van der Waals surface area contributed by atoms with Gasteiger partial charge in [-0.3, -0.25) is 4.79 Å². The fourth-order valence-corrected chi connectivity index (χ4v) is 3.90. The summed E-state index contributed by atoms with van der Waals surface area (Å²) < 4.78 is 5.68. The first kappa shape index (κ1) is 22.3. The van der Waals surface area contributed by atoms with Gasteiger partial charge in [-0.1, -0.05) is 30.3 Å². The number of amides is 1. The zero-order valence-corrected chi connectivity index (χ0v) is 19.4. The molecule has 4 rings (SSSR count). The number of carbonyl (C=O) groups is 1. The predicted octanol–water partition coefficient (Wildman–Crippen LogP) is 4.44. The topological polar surface area (TPSA) is 83.1 Å². The van der Waals surface area contributed by atoms with E-state index in [2.05, 4.69) is 26.3 Å². The summed E-state index contributed by atoms with van der Waals surface area (Å²) >= 11 is 0. The van der Waals surface area contributed by atoms with Gasteiger partial charge in [-0.15, -0.1) is 0 Å².